The van der Waals surface area contributed by atoms with E-state index in [0.717, 1.165) is 62.0 Å². The molecule has 1 aliphatic carbocycles. The fraction of sp³-hybridized carbons (Fsp3) is 0.667. The van der Waals surface area contributed by atoms with E-state index >= 15 is 0 Å². The number of rotatable bonds is 3. The van der Waals surface area contributed by atoms with Crippen LogP contribution in [0, 0.1) is 6.92 Å². The fourth-order valence-corrected chi connectivity index (χ4v) is 5.67. The van der Waals surface area contributed by atoms with E-state index in [0.29, 0.717) is 19.0 Å². The third-order valence-electron chi connectivity index (χ3n) is 6.56. The Bertz CT molecular complexity index is 881. The van der Waals surface area contributed by atoms with E-state index in [4.69, 9.17) is 9.72 Å². The van der Waals surface area contributed by atoms with Gasteiger partial charge in [0.25, 0.3) is 5.91 Å². The Balaban J connectivity index is 1.37. The van der Waals surface area contributed by atoms with Gasteiger partial charge >= 0.3 is 0 Å². The molecule has 1 saturated carbocycles. The predicted molar refractivity (Wildman–Crippen MR) is 115 cm³/mol. The molecule has 2 aromatic heterocycles. The van der Waals surface area contributed by atoms with Gasteiger partial charge in [-0.3, -0.25) is 9.69 Å². The third kappa shape index (κ3) is 3.73. The molecule has 0 bridgehead atoms. The van der Waals surface area contributed by atoms with Crippen LogP contribution in [0.5, 0.6) is 0 Å². The van der Waals surface area contributed by atoms with E-state index < -0.39 is 0 Å². The summed E-state index contributed by atoms with van der Waals surface area (Å²) in [5.41, 5.74) is 0.886. The Hall–Kier alpha value is -1.77. The number of thiophene rings is 1. The van der Waals surface area contributed by atoms with Gasteiger partial charge in [0.15, 0.2) is 0 Å². The zero-order chi connectivity index (χ0) is 19.8. The van der Waals surface area contributed by atoms with Crippen LogP contribution in [0.3, 0.4) is 0 Å². The molecule has 3 aliphatic rings. The number of ether oxygens (including phenoxy) is 1. The van der Waals surface area contributed by atoms with Gasteiger partial charge in [0, 0.05) is 55.6 Å². The molecule has 0 spiro atoms. The second-order valence-corrected chi connectivity index (χ2v) is 9.37. The highest BCUT2D eigenvalue weighted by Crippen LogP contribution is 2.32. The maximum absolute atomic E-state index is 13.3. The van der Waals surface area contributed by atoms with Crippen molar-refractivity contribution in [2.75, 3.05) is 57.4 Å². The van der Waals surface area contributed by atoms with E-state index in [1.54, 1.807) is 11.3 Å². The van der Waals surface area contributed by atoms with E-state index in [9.17, 15) is 4.79 Å². The number of piperazine rings is 1. The summed E-state index contributed by atoms with van der Waals surface area (Å²) in [6.07, 6.45) is 5.33. The predicted octanol–water partition coefficient (Wildman–Crippen LogP) is 2.54. The number of aromatic nitrogens is 2. The molecule has 0 aromatic carbocycles. The summed E-state index contributed by atoms with van der Waals surface area (Å²) in [5.74, 6) is 1.20. The molecule has 4 heterocycles. The number of hydrogen-bond donors (Lipinski definition) is 0. The lowest BCUT2D eigenvalue weighted by atomic mass is 10.2. The van der Waals surface area contributed by atoms with Crippen molar-refractivity contribution >= 4 is 34.0 Å². The van der Waals surface area contributed by atoms with Gasteiger partial charge in [0.2, 0.25) is 5.82 Å². The van der Waals surface area contributed by atoms with E-state index in [-0.39, 0.29) is 5.91 Å². The average molecular weight is 416 g/mol. The number of amides is 1. The number of aryl methyl sites for hydroxylation is 1. The Kier molecular flexibility index (Phi) is 5.41. The van der Waals surface area contributed by atoms with Crippen LogP contribution < -0.4 is 4.90 Å². The number of morpholine rings is 1. The van der Waals surface area contributed by atoms with E-state index in [2.05, 4.69) is 21.7 Å². The van der Waals surface area contributed by atoms with Gasteiger partial charge in [0.05, 0.1) is 24.1 Å². The molecular formula is C21H29N5O2S. The summed E-state index contributed by atoms with van der Waals surface area (Å²) >= 11 is 1.67. The summed E-state index contributed by atoms with van der Waals surface area (Å²) in [7, 11) is 0. The first-order valence-electron chi connectivity index (χ1n) is 10.8. The lowest BCUT2D eigenvalue weighted by molar-refractivity contribution is 0.0562. The molecule has 2 saturated heterocycles. The third-order valence-corrected chi connectivity index (χ3v) is 7.46. The first-order chi connectivity index (χ1) is 14.2. The van der Waals surface area contributed by atoms with Crippen molar-refractivity contribution in [1.29, 1.82) is 0 Å². The summed E-state index contributed by atoms with van der Waals surface area (Å²) in [6, 6.07) is 0.724. The smallest absolute Gasteiger partial charge is 0.291 e. The van der Waals surface area contributed by atoms with Crippen LogP contribution in [0.2, 0.25) is 0 Å². The Morgan fingerprint density at radius 2 is 1.79 bits per heavy atom. The maximum Gasteiger partial charge on any atom is 0.291 e. The van der Waals surface area contributed by atoms with Crippen LogP contribution in [-0.2, 0) is 4.74 Å². The van der Waals surface area contributed by atoms with Crippen molar-refractivity contribution in [2.45, 2.75) is 38.6 Å². The largest absolute Gasteiger partial charge is 0.378 e. The molecule has 7 nitrogen and oxygen atoms in total. The van der Waals surface area contributed by atoms with Gasteiger partial charge in [-0.1, -0.05) is 12.8 Å². The average Bonchev–Trinajstić information content (AvgIpc) is 3.44. The molecule has 0 unspecified atom stereocenters. The summed E-state index contributed by atoms with van der Waals surface area (Å²) in [4.78, 5) is 30.7. The fourth-order valence-electron chi connectivity index (χ4n) is 4.89. The Morgan fingerprint density at radius 1 is 1.07 bits per heavy atom. The molecule has 8 heteroatoms. The Morgan fingerprint density at radius 3 is 2.52 bits per heavy atom. The van der Waals surface area contributed by atoms with Gasteiger partial charge in [-0.25, -0.2) is 9.97 Å². The van der Waals surface area contributed by atoms with Crippen LogP contribution >= 0.6 is 11.3 Å². The molecule has 29 heavy (non-hydrogen) atoms. The first-order valence-corrected chi connectivity index (χ1v) is 11.7. The van der Waals surface area contributed by atoms with Gasteiger partial charge in [0.1, 0.15) is 5.82 Å². The highest BCUT2D eigenvalue weighted by Gasteiger charge is 2.30. The minimum Gasteiger partial charge on any atom is -0.378 e. The van der Waals surface area contributed by atoms with Crippen molar-refractivity contribution < 1.29 is 9.53 Å². The van der Waals surface area contributed by atoms with Gasteiger partial charge in [-0.15, -0.1) is 11.3 Å². The highest BCUT2D eigenvalue weighted by atomic mass is 32.1. The van der Waals surface area contributed by atoms with Gasteiger partial charge < -0.3 is 14.5 Å². The number of carbonyl (C=O) groups excluding carboxylic acids is 1. The zero-order valence-corrected chi connectivity index (χ0v) is 17.9. The summed E-state index contributed by atoms with van der Waals surface area (Å²) in [5, 5.41) is 3.13. The van der Waals surface area contributed by atoms with Crippen molar-refractivity contribution in [3.63, 3.8) is 0 Å². The molecule has 0 radical (unpaired) electrons. The standard InChI is InChI=1S/C21H29N5O2S/c1-15-18-17(14-29-15)22-19(23-20(18)25-10-12-28-13-11-25)21(27)26-8-6-24(7-9-26)16-4-2-3-5-16/h14,16H,2-13H2,1H3. The topological polar surface area (TPSA) is 61.8 Å². The molecule has 156 valence electrons. The van der Waals surface area contributed by atoms with Crippen molar-refractivity contribution in [2.24, 2.45) is 0 Å². The number of carbonyl (C=O) groups is 1. The molecule has 5 rings (SSSR count). The number of anilines is 1. The van der Waals surface area contributed by atoms with Gasteiger partial charge in [-0.2, -0.15) is 0 Å². The summed E-state index contributed by atoms with van der Waals surface area (Å²) in [6.45, 7) is 8.56. The number of nitrogens with zero attached hydrogens (tertiary/aromatic N) is 5. The minimum atomic E-state index is -0.0312. The monoisotopic (exact) mass is 415 g/mol. The second-order valence-electron chi connectivity index (χ2n) is 8.29. The molecule has 0 atom stereocenters. The molecule has 3 fully saturated rings. The lowest BCUT2D eigenvalue weighted by Crippen LogP contribution is -2.51. The molecular weight excluding hydrogens is 386 g/mol. The Labute approximate surface area is 175 Å². The van der Waals surface area contributed by atoms with Crippen molar-refractivity contribution in [1.82, 2.24) is 19.8 Å². The van der Waals surface area contributed by atoms with Crippen LogP contribution in [0.1, 0.15) is 41.2 Å². The first kappa shape index (κ1) is 19.2. The quantitative estimate of drug-likeness (QED) is 0.768. The maximum atomic E-state index is 13.3. The second kappa shape index (κ2) is 8.16. The van der Waals surface area contributed by atoms with E-state index in [1.165, 1.54) is 30.6 Å². The number of hydrogen-bond acceptors (Lipinski definition) is 7. The van der Waals surface area contributed by atoms with Crippen molar-refractivity contribution in [3.05, 3.63) is 16.1 Å². The van der Waals surface area contributed by atoms with Crippen LogP contribution in [0.25, 0.3) is 10.9 Å². The summed E-state index contributed by atoms with van der Waals surface area (Å²) < 4.78 is 5.51. The minimum absolute atomic E-state index is 0.0312. The van der Waals surface area contributed by atoms with Gasteiger partial charge in [-0.05, 0) is 19.8 Å². The normalized spacial score (nSPS) is 22.0. The lowest BCUT2D eigenvalue weighted by Gasteiger charge is -2.37. The SMILES string of the molecule is Cc1scc2nc(C(=O)N3CCN(C4CCCC4)CC3)nc(N3CCOCC3)c12. The van der Waals surface area contributed by atoms with Crippen molar-refractivity contribution in [3.8, 4) is 0 Å². The zero-order valence-electron chi connectivity index (χ0n) is 17.1. The van der Waals surface area contributed by atoms with Crippen LogP contribution in [0.15, 0.2) is 5.38 Å². The molecule has 2 aromatic rings. The van der Waals surface area contributed by atoms with Crippen LogP contribution in [0.4, 0.5) is 5.82 Å². The van der Waals surface area contributed by atoms with Crippen LogP contribution in [-0.4, -0.2) is 84.2 Å². The molecule has 2 aliphatic heterocycles. The van der Waals surface area contributed by atoms with E-state index in [1.807, 2.05) is 10.3 Å². The molecule has 0 N–H and O–H groups in total. The molecule has 1 amide bonds. The number of fused-ring (bicyclic) bond motifs is 1. The highest BCUT2D eigenvalue weighted by molar-refractivity contribution is 7.11.